The highest BCUT2D eigenvalue weighted by Crippen LogP contribution is 2.18. The van der Waals surface area contributed by atoms with Gasteiger partial charge in [-0.15, -0.1) is 11.3 Å². The predicted molar refractivity (Wildman–Crippen MR) is 82.5 cm³/mol. The van der Waals surface area contributed by atoms with E-state index in [4.69, 9.17) is 4.74 Å². The molecular weight excluding hydrogens is 284 g/mol. The van der Waals surface area contributed by atoms with E-state index in [1.165, 1.54) is 0 Å². The molecule has 0 radical (unpaired) electrons. The molecule has 1 atom stereocenters. The monoisotopic (exact) mass is 302 g/mol. The van der Waals surface area contributed by atoms with E-state index in [1.54, 1.807) is 11.3 Å². The quantitative estimate of drug-likeness (QED) is 0.796. The Morgan fingerprint density at radius 2 is 2.24 bits per heavy atom. The lowest BCUT2D eigenvalue weighted by Crippen LogP contribution is -2.45. The summed E-state index contributed by atoms with van der Waals surface area (Å²) in [5.74, 6) is 0.176. The Labute approximate surface area is 128 Å². The van der Waals surface area contributed by atoms with Gasteiger partial charge in [-0.2, -0.15) is 0 Å². The summed E-state index contributed by atoms with van der Waals surface area (Å²) in [5, 5.41) is 3.08. The van der Waals surface area contributed by atoms with Gasteiger partial charge in [0.25, 0.3) is 0 Å². The first-order chi connectivity index (χ1) is 10.3. The molecule has 110 valence electrons. The number of rotatable bonds is 5. The van der Waals surface area contributed by atoms with Crippen LogP contribution in [0.25, 0.3) is 0 Å². The second-order valence-electron chi connectivity index (χ2n) is 5.12. The molecule has 0 amide bonds. The van der Waals surface area contributed by atoms with Gasteiger partial charge in [0, 0.05) is 36.1 Å². The van der Waals surface area contributed by atoms with Crippen molar-refractivity contribution >= 4 is 17.1 Å². The van der Waals surface area contributed by atoms with E-state index in [0.29, 0.717) is 13.0 Å². The molecular formula is C16H18N2O2S. The van der Waals surface area contributed by atoms with Crippen LogP contribution < -0.4 is 0 Å². The molecule has 4 nitrogen and oxygen atoms in total. The summed E-state index contributed by atoms with van der Waals surface area (Å²) in [5.41, 5.74) is 0.775. The molecule has 3 rings (SSSR count). The maximum Gasteiger partial charge on any atom is 0.164 e. The van der Waals surface area contributed by atoms with Gasteiger partial charge in [0.2, 0.25) is 0 Å². The third kappa shape index (κ3) is 3.75. The maximum atomic E-state index is 12.4. The Morgan fingerprint density at radius 3 is 3.00 bits per heavy atom. The average molecular weight is 302 g/mol. The minimum Gasteiger partial charge on any atom is -0.378 e. The molecule has 0 saturated carbocycles. The molecule has 1 aliphatic heterocycles. The van der Waals surface area contributed by atoms with E-state index in [1.807, 2.05) is 41.9 Å². The smallest absolute Gasteiger partial charge is 0.164 e. The highest BCUT2D eigenvalue weighted by atomic mass is 32.1. The van der Waals surface area contributed by atoms with Gasteiger partial charge in [0.05, 0.1) is 19.8 Å². The number of ketones is 1. The van der Waals surface area contributed by atoms with Crippen LogP contribution in [0.2, 0.25) is 0 Å². The van der Waals surface area contributed by atoms with Crippen molar-refractivity contribution in [2.75, 3.05) is 19.8 Å². The van der Waals surface area contributed by atoms with Gasteiger partial charge in [0.15, 0.2) is 5.78 Å². The highest BCUT2D eigenvalue weighted by molar-refractivity contribution is 7.09. The fourth-order valence-electron chi connectivity index (χ4n) is 2.55. The summed E-state index contributed by atoms with van der Waals surface area (Å²) in [6.45, 7) is 2.99. The second kappa shape index (κ2) is 6.93. The number of Topliss-reactive ketones (excluding diaryl/α,β-unsaturated/α-hetero) is 1. The topological polar surface area (TPSA) is 42.4 Å². The predicted octanol–water partition coefficient (Wildman–Crippen LogP) is 2.62. The van der Waals surface area contributed by atoms with E-state index < -0.39 is 0 Å². The van der Waals surface area contributed by atoms with Gasteiger partial charge >= 0.3 is 0 Å². The molecule has 1 aromatic heterocycles. The minimum atomic E-state index is 0.135. The van der Waals surface area contributed by atoms with Crippen LogP contribution in [0.3, 0.4) is 0 Å². The van der Waals surface area contributed by atoms with Crippen LogP contribution in [0.4, 0.5) is 0 Å². The van der Waals surface area contributed by atoms with Crippen molar-refractivity contribution < 1.29 is 9.53 Å². The van der Waals surface area contributed by atoms with Crippen LogP contribution >= 0.6 is 11.3 Å². The van der Waals surface area contributed by atoms with Gasteiger partial charge in [-0.05, 0) is 0 Å². The van der Waals surface area contributed by atoms with E-state index >= 15 is 0 Å². The highest BCUT2D eigenvalue weighted by Gasteiger charge is 2.26. The Kier molecular flexibility index (Phi) is 4.75. The van der Waals surface area contributed by atoms with E-state index in [2.05, 4.69) is 9.88 Å². The fraction of sp³-hybridized carbons (Fsp3) is 0.375. The average Bonchev–Trinajstić information content (AvgIpc) is 3.03. The van der Waals surface area contributed by atoms with Crippen molar-refractivity contribution in [2.24, 2.45) is 0 Å². The maximum absolute atomic E-state index is 12.4. The van der Waals surface area contributed by atoms with Crippen molar-refractivity contribution in [1.82, 2.24) is 9.88 Å². The van der Waals surface area contributed by atoms with Crippen LogP contribution in [0.1, 0.15) is 21.8 Å². The number of carbonyl (C=O) groups is 1. The lowest BCUT2D eigenvalue weighted by Gasteiger charge is -2.34. The van der Waals surface area contributed by atoms with Crippen molar-refractivity contribution in [2.45, 2.75) is 19.0 Å². The van der Waals surface area contributed by atoms with E-state index in [9.17, 15) is 4.79 Å². The molecule has 2 heterocycles. The van der Waals surface area contributed by atoms with Crippen molar-refractivity contribution in [3.05, 3.63) is 52.5 Å². The van der Waals surface area contributed by atoms with Gasteiger partial charge in [-0.3, -0.25) is 9.69 Å². The lowest BCUT2D eigenvalue weighted by molar-refractivity contribution is -0.0126. The summed E-state index contributed by atoms with van der Waals surface area (Å²) in [6.07, 6.45) is 2.32. The summed E-state index contributed by atoms with van der Waals surface area (Å²) in [4.78, 5) is 19.0. The van der Waals surface area contributed by atoms with E-state index in [-0.39, 0.29) is 11.8 Å². The zero-order chi connectivity index (χ0) is 14.5. The molecule has 0 unspecified atom stereocenters. The first-order valence-corrected chi connectivity index (χ1v) is 7.99. The van der Waals surface area contributed by atoms with Crippen LogP contribution in [0.5, 0.6) is 0 Å². The summed E-state index contributed by atoms with van der Waals surface area (Å²) < 4.78 is 5.56. The molecule has 1 saturated heterocycles. The number of ether oxygens (including phenoxy) is 1. The molecule has 0 N–H and O–H groups in total. The number of nitrogens with zero attached hydrogens (tertiary/aromatic N) is 2. The Hall–Kier alpha value is -1.56. The summed E-state index contributed by atoms with van der Waals surface area (Å²) >= 11 is 1.66. The van der Waals surface area contributed by atoms with Crippen LogP contribution in [0, 0.1) is 0 Å². The van der Waals surface area contributed by atoms with Crippen molar-refractivity contribution in [3.8, 4) is 0 Å². The zero-order valence-corrected chi connectivity index (χ0v) is 12.6. The number of aromatic nitrogens is 1. The number of carbonyl (C=O) groups excluding carboxylic acids is 1. The number of benzene rings is 1. The van der Waals surface area contributed by atoms with Crippen LogP contribution in [0.15, 0.2) is 41.9 Å². The number of morpholine rings is 1. The second-order valence-corrected chi connectivity index (χ2v) is 6.10. The normalized spacial score (nSPS) is 19.5. The van der Waals surface area contributed by atoms with Gasteiger partial charge in [-0.25, -0.2) is 4.98 Å². The summed E-state index contributed by atoms with van der Waals surface area (Å²) in [6, 6.07) is 9.61. The molecule has 0 bridgehead atoms. The minimum absolute atomic E-state index is 0.135. The van der Waals surface area contributed by atoms with E-state index in [0.717, 1.165) is 30.3 Å². The first-order valence-electron chi connectivity index (χ1n) is 7.11. The third-order valence-corrected chi connectivity index (χ3v) is 4.45. The molecule has 21 heavy (non-hydrogen) atoms. The first kappa shape index (κ1) is 14.4. The number of hydrogen-bond donors (Lipinski definition) is 0. The summed E-state index contributed by atoms with van der Waals surface area (Å²) in [7, 11) is 0. The third-order valence-electron chi connectivity index (χ3n) is 3.69. The standard InChI is InChI=1S/C16H18N2O2S/c19-15(13-4-2-1-3-5-13)10-14-12-20-8-7-18(14)11-16-17-6-9-21-16/h1-6,9,14H,7-8,10-12H2/t14-/m1/s1. The molecule has 5 heteroatoms. The lowest BCUT2D eigenvalue weighted by atomic mass is 10.0. The molecule has 0 spiro atoms. The Bertz CT molecular complexity index is 571. The molecule has 1 aromatic carbocycles. The largest absolute Gasteiger partial charge is 0.378 e. The van der Waals surface area contributed by atoms with Crippen LogP contribution in [-0.2, 0) is 11.3 Å². The molecule has 1 aliphatic rings. The molecule has 2 aromatic rings. The fourth-order valence-corrected chi connectivity index (χ4v) is 3.19. The van der Waals surface area contributed by atoms with Gasteiger partial charge < -0.3 is 4.74 Å². The number of hydrogen-bond acceptors (Lipinski definition) is 5. The molecule has 0 aliphatic carbocycles. The van der Waals surface area contributed by atoms with Crippen LogP contribution in [-0.4, -0.2) is 41.5 Å². The Morgan fingerprint density at radius 1 is 1.38 bits per heavy atom. The van der Waals surface area contributed by atoms with Crippen molar-refractivity contribution in [3.63, 3.8) is 0 Å². The zero-order valence-electron chi connectivity index (χ0n) is 11.8. The van der Waals surface area contributed by atoms with Gasteiger partial charge in [0.1, 0.15) is 5.01 Å². The number of thiazole rings is 1. The Balaban J connectivity index is 1.65. The SMILES string of the molecule is O=C(C[C@@H]1COCCN1Cc1nccs1)c1ccccc1. The van der Waals surface area contributed by atoms with Crippen molar-refractivity contribution in [1.29, 1.82) is 0 Å². The van der Waals surface area contributed by atoms with Gasteiger partial charge in [-0.1, -0.05) is 30.3 Å². The molecule has 1 fully saturated rings.